The molecule has 0 aromatic heterocycles. The van der Waals surface area contributed by atoms with E-state index in [1.807, 2.05) is 37.8 Å². The number of carbonyl (C=O) groups is 4. The van der Waals surface area contributed by atoms with Gasteiger partial charge in [0.2, 0.25) is 17.7 Å². The van der Waals surface area contributed by atoms with E-state index in [4.69, 9.17) is 27.9 Å². The number of halogens is 4. The number of piperidine rings is 1. The standard InChI is InChI=1S/C50H52Cl2F2N6O5/c1-28-32-13-9-12-29(34(32)26-60(28)39-20-21-42(61)59-47(39)63)11-7-6-8-22-56-46(62)30-16-19-38(40(23-30)65-5)57-48(64)45-43(33-14-10-15-36(52)44(33)54)50(27-55,41(58-45)25-49(2,3)4)35-18-17-31(51)24-37(35)53/h9-10,12-19,23-24,39,41,43,45,58H,1,6-8,11,20-22,25-26H2,2-5H3,(H,56,62)(H,57,64)(H,59,61,63)/t39?,41-,43-,45+,50-/m0/s1. The Balaban J connectivity index is 1.02. The number of nitriles is 1. The molecule has 11 nitrogen and oxygen atoms in total. The molecule has 0 spiro atoms. The molecule has 3 aliphatic rings. The van der Waals surface area contributed by atoms with Crippen molar-refractivity contribution >= 4 is 58.2 Å². The molecular formula is C50H52Cl2F2N6O5. The van der Waals surface area contributed by atoms with Crippen LogP contribution in [0.15, 0.2) is 79.4 Å². The third-order valence-electron chi connectivity index (χ3n) is 12.7. The summed E-state index contributed by atoms with van der Waals surface area (Å²) in [6, 6.07) is 18.8. The number of hydrogen-bond donors (Lipinski definition) is 4. The van der Waals surface area contributed by atoms with E-state index in [2.05, 4.69) is 40.0 Å². The SMILES string of the molecule is C=C1c2cccc(CCCCCNC(=O)c3ccc(NC(=O)[C@@H]4N[C@@H](CC(C)(C)C)[C@](C#N)(c5ccc(Cl)cc5F)[C@H]4c4cccc(Cl)c4F)c(OC)c3)c2CN1C1CCC(=O)NC1=O. The zero-order valence-electron chi connectivity index (χ0n) is 36.8. The lowest BCUT2D eigenvalue weighted by Crippen LogP contribution is -2.50. The summed E-state index contributed by atoms with van der Waals surface area (Å²) in [7, 11) is 1.40. The van der Waals surface area contributed by atoms with Gasteiger partial charge in [-0.15, -0.1) is 0 Å². The normalized spacial score (nSPS) is 21.7. The van der Waals surface area contributed by atoms with E-state index < -0.39 is 52.4 Å². The van der Waals surface area contributed by atoms with Crippen LogP contribution in [0.2, 0.25) is 10.0 Å². The Labute approximate surface area is 387 Å². The average Bonchev–Trinajstić information content (AvgIpc) is 3.76. The lowest BCUT2D eigenvalue weighted by Gasteiger charge is -2.37. The second kappa shape index (κ2) is 19.3. The molecule has 0 aliphatic carbocycles. The van der Waals surface area contributed by atoms with Crippen LogP contribution in [0.25, 0.3) is 5.70 Å². The molecule has 3 aliphatic heterocycles. The van der Waals surface area contributed by atoms with E-state index in [0.29, 0.717) is 37.9 Å². The first-order valence-corrected chi connectivity index (χ1v) is 22.5. The van der Waals surface area contributed by atoms with Gasteiger partial charge >= 0.3 is 0 Å². The third kappa shape index (κ3) is 9.62. The first-order chi connectivity index (χ1) is 31.0. The molecule has 3 heterocycles. The molecule has 4 aromatic carbocycles. The van der Waals surface area contributed by atoms with Crippen molar-refractivity contribution in [1.82, 2.24) is 20.9 Å². The second-order valence-electron chi connectivity index (χ2n) is 18.1. The number of rotatable bonds is 14. The van der Waals surface area contributed by atoms with E-state index in [-0.39, 0.29) is 50.3 Å². The van der Waals surface area contributed by atoms with Crippen LogP contribution in [0.1, 0.15) is 103 Å². The molecule has 15 heteroatoms. The summed E-state index contributed by atoms with van der Waals surface area (Å²) in [5.41, 5.74) is 2.35. The number of benzene rings is 4. The quantitative estimate of drug-likeness (QED) is 0.0723. The summed E-state index contributed by atoms with van der Waals surface area (Å²) < 4.78 is 37.8. The van der Waals surface area contributed by atoms with Gasteiger partial charge in [-0.1, -0.05) is 93.4 Å². The molecule has 4 amide bonds. The van der Waals surface area contributed by atoms with Gasteiger partial charge in [-0.25, -0.2) is 8.78 Å². The number of aryl methyl sites for hydroxylation is 1. The number of anilines is 1. The minimum atomic E-state index is -1.81. The fourth-order valence-corrected chi connectivity index (χ4v) is 9.99. The Morgan fingerprint density at radius 2 is 1.80 bits per heavy atom. The molecule has 2 fully saturated rings. The number of nitrogens with zero attached hydrogens (tertiary/aromatic N) is 2. The summed E-state index contributed by atoms with van der Waals surface area (Å²) in [5.74, 6) is -4.21. The highest BCUT2D eigenvalue weighted by molar-refractivity contribution is 6.31. The van der Waals surface area contributed by atoms with E-state index >= 15 is 8.78 Å². The maximum absolute atomic E-state index is 16.1. The van der Waals surface area contributed by atoms with Gasteiger partial charge in [0.25, 0.3) is 5.91 Å². The first kappa shape index (κ1) is 47.2. The Morgan fingerprint density at radius 3 is 2.51 bits per heavy atom. The molecule has 340 valence electrons. The topological polar surface area (TPSA) is 153 Å². The van der Waals surface area contributed by atoms with Crippen molar-refractivity contribution in [2.75, 3.05) is 19.0 Å². The predicted molar refractivity (Wildman–Crippen MR) is 246 cm³/mol. The number of unbranched alkanes of at least 4 members (excludes halogenated alkanes) is 2. The summed E-state index contributed by atoms with van der Waals surface area (Å²) in [6.45, 7) is 11.1. The van der Waals surface area contributed by atoms with Crippen molar-refractivity contribution in [2.45, 2.75) is 102 Å². The Morgan fingerprint density at radius 1 is 1.03 bits per heavy atom. The maximum atomic E-state index is 16.1. The van der Waals surface area contributed by atoms with Gasteiger partial charge < -0.3 is 25.6 Å². The summed E-state index contributed by atoms with van der Waals surface area (Å²) in [6.07, 6.45) is 4.32. The summed E-state index contributed by atoms with van der Waals surface area (Å²) in [4.78, 5) is 54.2. The van der Waals surface area contributed by atoms with Crippen molar-refractivity contribution in [1.29, 1.82) is 5.26 Å². The van der Waals surface area contributed by atoms with E-state index in [9.17, 15) is 24.4 Å². The molecule has 0 bridgehead atoms. The number of hydrogen-bond acceptors (Lipinski definition) is 8. The Bertz CT molecular complexity index is 2590. The van der Waals surface area contributed by atoms with Crippen molar-refractivity contribution in [2.24, 2.45) is 5.41 Å². The zero-order chi connectivity index (χ0) is 46.8. The van der Waals surface area contributed by atoms with Crippen LogP contribution in [0.4, 0.5) is 14.5 Å². The van der Waals surface area contributed by atoms with Crippen molar-refractivity contribution in [3.8, 4) is 11.8 Å². The molecule has 0 saturated carbocycles. The first-order valence-electron chi connectivity index (χ1n) is 21.7. The molecule has 5 atom stereocenters. The molecule has 7 rings (SSSR count). The Hall–Kier alpha value is -5.81. The molecule has 4 N–H and O–H groups in total. The van der Waals surface area contributed by atoms with E-state index in [1.165, 1.54) is 55.1 Å². The highest BCUT2D eigenvalue weighted by Gasteiger charge is 2.61. The molecule has 4 aromatic rings. The molecule has 2 saturated heterocycles. The van der Waals surface area contributed by atoms with Crippen LogP contribution in [0, 0.1) is 28.4 Å². The maximum Gasteiger partial charge on any atom is 0.251 e. The van der Waals surface area contributed by atoms with Crippen LogP contribution in [0.5, 0.6) is 5.75 Å². The van der Waals surface area contributed by atoms with Gasteiger partial charge in [0.1, 0.15) is 28.8 Å². The van der Waals surface area contributed by atoms with Crippen LogP contribution in [-0.2, 0) is 32.8 Å². The summed E-state index contributed by atoms with van der Waals surface area (Å²) >= 11 is 12.5. The van der Waals surface area contributed by atoms with Crippen LogP contribution in [-0.4, -0.2) is 60.3 Å². The number of fused-ring (bicyclic) bond motifs is 1. The van der Waals surface area contributed by atoms with Gasteiger partial charge in [0, 0.05) is 58.9 Å². The largest absolute Gasteiger partial charge is 0.495 e. The molecule has 1 unspecified atom stereocenters. The van der Waals surface area contributed by atoms with Crippen molar-refractivity contribution < 1.29 is 32.7 Å². The fourth-order valence-electron chi connectivity index (χ4n) is 9.65. The lowest BCUT2D eigenvalue weighted by atomic mass is 9.62. The third-order valence-corrected chi connectivity index (χ3v) is 13.2. The van der Waals surface area contributed by atoms with Crippen LogP contribution < -0.4 is 26.0 Å². The van der Waals surface area contributed by atoms with Gasteiger partial charge in [0.15, 0.2) is 0 Å². The van der Waals surface area contributed by atoms with Crippen LogP contribution in [0.3, 0.4) is 0 Å². The van der Waals surface area contributed by atoms with Gasteiger partial charge in [-0.2, -0.15) is 5.26 Å². The second-order valence-corrected chi connectivity index (χ2v) is 19.0. The summed E-state index contributed by atoms with van der Waals surface area (Å²) in [5, 5.41) is 22.6. The predicted octanol–water partition coefficient (Wildman–Crippen LogP) is 8.97. The highest BCUT2D eigenvalue weighted by Crippen LogP contribution is 2.53. The zero-order valence-corrected chi connectivity index (χ0v) is 38.3. The minimum absolute atomic E-state index is 0.0372. The lowest BCUT2D eigenvalue weighted by molar-refractivity contribution is -0.136. The van der Waals surface area contributed by atoms with Gasteiger partial charge in [0.05, 0.1) is 29.9 Å². The van der Waals surface area contributed by atoms with Gasteiger partial charge in [-0.05, 0) is 90.6 Å². The van der Waals surface area contributed by atoms with E-state index in [1.54, 1.807) is 6.07 Å². The minimum Gasteiger partial charge on any atom is -0.495 e. The number of amides is 4. The number of carbonyl (C=O) groups excluding carboxylic acids is 4. The highest BCUT2D eigenvalue weighted by atomic mass is 35.5. The number of imide groups is 1. The molecule has 65 heavy (non-hydrogen) atoms. The van der Waals surface area contributed by atoms with Gasteiger partial charge in [-0.3, -0.25) is 24.5 Å². The van der Waals surface area contributed by atoms with Crippen molar-refractivity contribution in [3.05, 3.63) is 134 Å². The smallest absolute Gasteiger partial charge is 0.251 e. The monoisotopic (exact) mass is 924 g/mol. The number of methoxy groups -OCH3 is 1. The fraction of sp³-hybridized carbons (Fsp3) is 0.380. The van der Waals surface area contributed by atoms with Crippen LogP contribution >= 0.6 is 23.2 Å². The number of nitrogens with one attached hydrogen (secondary N) is 4. The van der Waals surface area contributed by atoms with E-state index in [0.717, 1.165) is 48.6 Å². The van der Waals surface area contributed by atoms with Crippen molar-refractivity contribution in [3.63, 3.8) is 0 Å². The average molecular weight is 926 g/mol. The Kier molecular flexibility index (Phi) is 14.0. The molecular weight excluding hydrogens is 873 g/mol. The number of ether oxygens (including phenoxy) is 1. The molecule has 0 radical (unpaired) electrons.